The van der Waals surface area contributed by atoms with E-state index in [1.807, 2.05) is 4.90 Å². The number of rotatable bonds is 1. The van der Waals surface area contributed by atoms with Gasteiger partial charge in [-0.2, -0.15) is 13.2 Å². The molecule has 2 aliphatic rings. The molecular weight excluding hydrogens is 271 g/mol. The van der Waals surface area contributed by atoms with Crippen molar-refractivity contribution in [3.05, 3.63) is 18.0 Å². The summed E-state index contributed by atoms with van der Waals surface area (Å²) in [4.78, 5) is 5.31. The highest BCUT2D eigenvalue weighted by atomic mass is 19.4. The number of nitrogens with zero attached hydrogens (tertiary/aromatic N) is 2. The number of halogens is 3. The van der Waals surface area contributed by atoms with E-state index in [0.717, 1.165) is 25.1 Å². The fraction of sp³-hybridized carbons (Fsp3) is 0.615. The summed E-state index contributed by atoms with van der Waals surface area (Å²) in [7, 11) is 0. The monoisotopic (exact) mass is 287 g/mol. The molecule has 0 saturated carbocycles. The Morgan fingerprint density at radius 3 is 2.40 bits per heavy atom. The van der Waals surface area contributed by atoms with Crippen LogP contribution in [0.15, 0.2) is 12.3 Å². The zero-order valence-corrected chi connectivity index (χ0v) is 10.8. The molecule has 2 bridgehead atoms. The summed E-state index contributed by atoms with van der Waals surface area (Å²) < 4.78 is 38.3. The van der Waals surface area contributed by atoms with Crippen molar-refractivity contribution in [2.24, 2.45) is 0 Å². The van der Waals surface area contributed by atoms with E-state index in [2.05, 4.69) is 4.98 Å². The van der Waals surface area contributed by atoms with E-state index in [4.69, 9.17) is 5.73 Å². The number of pyridine rings is 1. The molecule has 2 unspecified atom stereocenters. The highest BCUT2D eigenvalue weighted by molar-refractivity contribution is 5.69. The Labute approximate surface area is 114 Å². The van der Waals surface area contributed by atoms with Gasteiger partial charge in [0.15, 0.2) is 0 Å². The second kappa shape index (κ2) is 4.51. The van der Waals surface area contributed by atoms with Crippen molar-refractivity contribution in [1.82, 2.24) is 4.98 Å². The molecule has 2 atom stereocenters. The molecule has 20 heavy (non-hydrogen) atoms. The molecule has 2 fully saturated rings. The van der Waals surface area contributed by atoms with Crippen LogP contribution in [0.3, 0.4) is 0 Å². The standard InChI is InChI=1S/C13H16F3N3O/c14-13(15,16)12-5-11(10(17)6-18-12)19-7-1-2-8(19)4-9(20)3-7/h5-9,20H,1-4,17H2. The lowest BCUT2D eigenvalue weighted by Crippen LogP contribution is -2.45. The van der Waals surface area contributed by atoms with Crippen molar-refractivity contribution in [2.75, 3.05) is 10.6 Å². The number of fused-ring (bicyclic) bond motifs is 2. The number of hydrogen-bond donors (Lipinski definition) is 2. The Morgan fingerprint density at radius 2 is 1.85 bits per heavy atom. The van der Waals surface area contributed by atoms with Crippen LogP contribution in [0.5, 0.6) is 0 Å². The summed E-state index contributed by atoms with van der Waals surface area (Å²) in [5.41, 5.74) is 5.54. The van der Waals surface area contributed by atoms with E-state index in [0.29, 0.717) is 18.5 Å². The molecule has 0 aromatic carbocycles. The number of aromatic nitrogens is 1. The average molecular weight is 287 g/mol. The van der Waals surface area contributed by atoms with Gasteiger partial charge in [0.05, 0.1) is 23.7 Å². The number of anilines is 2. The van der Waals surface area contributed by atoms with Crippen LogP contribution < -0.4 is 10.6 Å². The van der Waals surface area contributed by atoms with Crippen LogP contribution >= 0.6 is 0 Å². The van der Waals surface area contributed by atoms with Gasteiger partial charge in [-0.1, -0.05) is 0 Å². The molecule has 0 amide bonds. The van der Waals surface area contributed by atoms with Crippen LogP contribution in [0.2, 0.25) is 0 Å². The Bertz CT molecular complexity index is 506. The Hall–Kier alpha value is -1.50. The average Bonchev–Trinajstić information content (AvgIpc) is 2.61. The van der Waals surface area contributed by atoms with Crippen LogP contribution in [0.25, 0.3) is 0 Å². The van der Waals surface area contributed by atoms with Crippen molar-refractivity contribution in [3.63, 3.8) is 0 Å². The summed E-state index contributed by atoms with van der Waals surface area (Å²) in [6.45, 7) is 0. The quantitative estimate of drug-likeness (QED) is 0.831. The third kappa shape index (κ3) is 2.19. The van der Waals surface area contributed by atoms with Gasteiger partial charge in [0.1, 0.15) is 5.69 Å². The van der Waals surface area contributed by atoms with Crippen LogP contribution in [0.4, 0.5) is 24.5 Å². The Balaban J connectivity index is 1.98. The van der Waals surface area contributed by atoms with Gasteiger partial charge < -0.3 is 15.7 Å². The summed E-state index contributed by atoms with van der Waals surface area (Å²) in [6.07, 6.45) is -0.845. The minimum atomic E-state index is -4.48. The van der Waals surface area contributed by atoms with Crippen molar-refractivity contribution >= 4 is 11.4 Å². The molecule has 3 rings (SSSR count). The van der Waals surface area contributed by atoms with Gasteiger partial charge in [0, 0.05) is 12.1 Å². The van der Waals surface area contributed by atoms with Crippen LogP contribution in [-0.4, -0.2) is 28.3 Å². The molecule has 0 aliphatic carbocycles. The maximum Gasteiger partial charge on any atom is 0.433 e. The van der Waals surface area contributed by atoms with Crippen molar-refractivity contribution in [3.8, 4) is 0 Å². The molecule has 110 valence electrons. The van der Waals surface area contributed by atoms with E-state index < -0.39 is 11.9 Å². The second-order valence-corrected chi connectivity index (χ2v) is 5.54. The third-order valence-corrected chi connectivity index (χ3v) is 4.19. The largest absolute Gasteiger partial charge is 0.433 e. The predicted octanol–water partition coefficient (Wildman–Crippen LogP) is 2.17. The van der Waals surface area contributed by atoms with E-state index in [-0.39, 0.29) is 23.9 Å². The maximum atomic E-state index is 12.8. The molecule has 2 saturated heterocycles. The fourth-order valence-electron chi connectivity index (χ4n) is 3.38. The number of nitrogens with two attached hydrogens (primary N) is 1. The van der Waals surface area contributed by atoms with E-state index in [1.54, 1.807) is 0 Å². The number of aliphatic hydroxyl groups is 1. The zero-order chi connectivity index (χ0) is 14.5. The number of aliphatic hydroxyl groups excluding tert-OH is 1. The summed E-state index contributed by atoms with van der Waals surface area (Å²) in [5, 5.41) is 9.76. The summed E-state index contributed by atoms with van der Waals surface area (Å²) in [6, 6.07) is 1.15. The van der Waals surface area contributed by atoms with Crippen molar-refractivity contribution < 1.29 is 18.3 Å². The number of piperidine rings is 1. The van der Waals surface area contributed by atoms with E-state index in [1.165, 1.54) is 0 Å². The lowest BCUT2D eigenvalue weighted by Gasteiger charge is -2.39. The normalized spacial score (nSPS) is 29.8. The SMILES string of the molecule is Nc1cnc(C(F)(F)F)cc1N1C2CCC1CC(O)C2. The van der Waals surface area contributed by atoms with Crippen molar-refractivity contribution in [1.29, 1.82) is 0 Å². The number of nitrogen functional groups attached to an aromatic ring is 1. The van der Waals surface area contributed by atoms with E-state index in [9.17, 15) is 18.3 Å². The van der Waals surface area contributed by atoms with Crippen LogP contribution in [0.1, 0.15) is 31.4 Å². The Kier molecular flexibility index (Phi) is 3.04. The third-order valence-electron chi connectivity index (χ3n) is 4.19. The molecule has 0 radical (unpaired) electrons. The minimum Gasteiger partial charge on any atom is -0.396 e. The number of alkyl halides is 3. The van der Waals surface area contributed by atoms with Gasteiger partial charge >= 0.3 is 6.18 Å². The second-order valence-electron chi connectivity index (χ2n) is 5.54. The summed E-state index contributed by atoms with van der Waals surface area (Å²) in [5.74, 6) is 0. The van der Waals surface area contributed by atoms with Crippen molar-refractivity contribution in [2.45, 2.75) is 50.0 Å². The van der Waals surface area contributed by atoms with Crippen LogP contribution in [-0.2, 0) is 6.18 Å². The molecule has 7 heteroatoms. The highest BCUT2D eigenvalue weighted by Gasteiger charge is 2.42. The lowest BCUT2D eigenvalue weighted by molar-refractivity contribution is -0.141. The van der Waals surface area contributed by atoms with E-state index >= 15 is 0 Å². The molecular formula is C13H16F3N3O. The van der Waals surface area contributed by atoms with Gasteiger partial charge in [-0.05, 0) is 31.7 Å². The highest BCUT2D eigenvalue weighted by Crippen LogP contribution is 2.42. The molecule has 1 aromatic heterocycles. The first-order valence-electron chi connectivity index (χ1n) is 6.65. The zero-order valence-electron chi connectivity index (χ0n) is 10.8. The topological polar surface area (TPSA) is 62.4 Å². The maximum absolute atomic E-state index is 12.8. The van der Waals surface area contributed by atoms with Gasteiger partial charge in [0.2, 0.25) is 0 Å². The van der Waals surface area contributed by atoms with Gasteiger partial charge in [-0.3, -0.25) is 0 Å². The molecule has 0 spiro atoms. The first-order chi connectivity index (χ1) is 9.36. The number of hydrogen-bond acceptors (Lipinski definition) is 4. The van der Waals surface area contributed by atoms with Gasteiger partial charge in [-0.25, -0.2) is 4.98 Å². The first-order valence-corrected chi connectivity index (χ1v) is 6.65. The lowest BCUT2D eigenvalue weighted by atomic mass is 9.99. The summed E-state index contributed by atoms with van der Waals surface area (Å²) >= 11 is 0. The molecule has 2 aliphatic heterocycles. The first kappa shape index (κ1) is 13.5. The van der Waals surface area contributed by atoms with Gasteiger partial charge in [-0.15, -0.1) is 0 Å². The van der Waals surface area contributed by atoms with Crippen LogP contribution in [0, 0.1) is 0 Å². The molecule has 4 nitrogen and oxygen atoms in total. The fourth-order valence-corrected chi connectivity index (χ4v) is 3.38. The molecule has 3 N–H and O–H groups in total. The minimum absolute atomic E-state index is 0.0644. The van der Waals surface area contributed by atoms with Gasteiger partial charge in [0.25, 0.3) is 0 Å². The molecule has 3 heterocycles. The molecule has 1 aromatic rings. The predicted molar refractivity (Wildman–Crippen MR) is 68.2 cm³/mol. The Morgan fingerprint density at radius 1 is 1.25 bits per heavy atom. The smallest absolute Gasteiger partial charge is 0.396 e.